The molecule has 0 aromatic heterocycles. The summed E-state index contributed by atoms with van der Waals surface area (Å²) in [5.41, 5.74) is 1.11. The molecule has 1 saturated heterocycles. The molecule has 7 heteroatoms. The molecule has 1 aromatic carbocycles. The lowest BCUT2D eigenvalue weighted by Gasteiger charge is -2.23. The van der Waals surface area contributed by atoms with Gasteiger partial charge in [0.2, 0.25) is 0 Å². The lowest BCUT2D eigenvalue weighted by atomic mass is 10.2. The number of halogens is 1. The first-order valence-corrected chi connectivity index (χ1v) is 10.1. The van der Waals surface area contributed by atoms with E-state index in [1.165, 1.54) is 38.9 Å². The lowest BCUT2D eigenvalue weighted by Crippen LogP contribution is -2.38. The maximum absolute atomic E-state index is 5.52. The largest absolute Gasteiger partial charge is 0.497 e. The Labute approximate surface area is 187 Å². The molecular formula is C21H37IN4O2. The van der Waals surface area contributed by atoms with Crippen LogP contribution in [-0.2, 0) is 6.54 Å². The van der Waals surface area contributed by atoms with E-state index < -0.39 is 0 Å². The first-order chi connectivity index (χ1) is 13.2. The van der Waals surface area contributed by atoms with Gasteiger partial charge in [-0.1, -0.05) is 0 Å². The van der Waals surface area contributed by atoms with E-state index in [1.807, 2.05) is 18.2 Å². The van der Waals surface area contributed by atoms with Gasteiger partial charge in [0.1, 0.15) is 11.5 Å². The van der Waals surface area contributed by atoms with Crippen molar-refractivity contribution in [3.63, 3.8) is 0 Å². The molecule has 1 aliphatic heterocycles. The van der Waals surface area contributed by atoms with Crippen LogP contribution in [0, 0.1) is 0 Å². The number of hydrogen-bond acceptors (Lipinski definition) is 4. The van der Waals surface area contributed by atoms with Crippen molar-refractivity contribution in [3.05, 3.63) is 23.8 Å². The molecule has 2 rings (SSSR count). The zero-order chi connectivity index (χ0) is 19.5. The van der Waals surface area contributed by atoms with E-state index >= 15 is 0 Å². The van der Waals surface area contributed by atoms with Crippen LogP contribution in [0.3, 0.4) is 0 Å². The van der Waals surface area contributed by atoms with Gasteiger partial charge in [0.25, 0.3) is 0 Å². The highest BCUT2D eigenvalue weighted by Crippen LogP contribution is 2.25. The highest BCUT2D eigenvalue weighted by Gasteiger charge is 2.12. The molecule has 1 aromatic rings. The molecule has 6 nitrogen and oxygen atoms in total. The summed E-state index contributed by atoms with van der Waals surface area (Å²) in [5, 5.41) is 3.39. The molecule has 0 spiro atoms. The van der Waals surface area contributed by atoms with Crippen molar-refractivity contribution in [2.24, 2.45) is 4.99 Å². The molecule has 0 unspecified atom stereocenters. The molecule has 1 heterocycles. The van der Waals surface area contributed by atoms with E-state index in [1.54, 1.807) is 14.2 Å². The summed E-state index contributed by atoms with van der Waals surface area (Å²) in [6.45, 7) is 8.32. The number of rotatable bonds is 10. The Morgan fingerprint density at radius 3 is 2.57 bits per heavy atom. The summed E-state index contributed by atoms with van der Waals surface area (Å²) in [6, 6.07) is 5.94. The SMILES string of the molecule is CCNC(=NCCCCN1CCCC1)N(C)Cc1ccc(OC)cc1OC.I. The topological polar surface area (TPSA) is 49.3 Å². The minimum Gasteiger partial charge on any atom is -0.497 e. The van der Waals surface area contributed by atoms with Gasteiger partial charge in [-0.05, 0) is 64.4 Å². The summed E-state index contributed by atoms with van der Waals surface area (Å²) in [7, 11) is 5.42. The lowest BCUT2D eigenvalue weighted by molar-refractivity contribution is 0.331. The van der Waals surface area contributed by atoms with Crippen LogP contribution in [0.15, 0.2) is 23.2 Å². The fourth-order valence-corrected chi connectivity index (χ4v) is 3.42. The first-order valence-electron chi connectivity index (χ1n) is 10.1. The molecule has 160 valence electrons. The molecule has 0 saturated carbocycles. The predicted octanol–water partition coefficient (Wildman–Crippen LogP) is 3.60. The van der Waals surface area contributed by atoms with Gasteiger partial charge in [0.15, 0.2) is 5.96 Å². The maximum Gasteiger partial charge on any atom is 0.193 e. The zero-order valence-electron chi connectivity index (χ0n) is 17.9. The number of likely N-dealkylation sites (tertiary alicyclic amines) is 1. The van der Waals surface area contributed by atoms with Crippen molar-refractivity contribution in [3.8, 4) is 11.5 Å². The van der Waals surface area contributed by atoms with Crippen LogP contribution in [0.1, 0.15) is 38.2 Å². The van der Waals surface area contributed by atoms with Gasteiger partial charge >= 0.3 is 0 Å². The monoisotopic (exact) mass is 504 g/mol. The van der Waals surface area contributed by atoms with E-state index in [4.69, 9.17) is 14.5 Å². The van der Waals surface area contributed by atoms with Gasteiger partial charge in [0.05, 0.1) is 14.2 Å². The molecule has 0 radical (unpaired) electrons. The molecular weight excluding hydrogens is 467 g/mol. The first kappa shape index (κ1) is 24.8. The van der Waals surface area contributed by atoms with Crippen LogP contribution < -0.4 is 14.8 Å². The minimum absolute atomic E-state index is 0. The average Bonchev–Trinajstić information content (AvgIpc) is 3.20. The fourth-order valence-electron chi connectivity index (χ4n) is 3.42. The number of guanidine groups is 1. The van der Waals surface area contributed by atoms with Crippen molar-refractivity contribution >= 4 is 29.9 Å². The Morgan fingerprint density at radius 1 is 1.18 bits per heavy atom. The zero-order valence-corrected chi connectivity index (χ0v) is 20.2. The standard InChI is InChI=1S/C21H36N4O2.HI/c1-5-22-21(23-12-6-7-13-25-14-8-9-15-25)24(2)17-18-10-11-19(26-3)16-20(18)27-4;/h10-11,16H,5-9,12-15,17H2,1-4H3,(H,22,23);1H. The second-order valence-corrected chi connectivity index (χ2v) is 7.03. The molecule has 0 amide bonds. The third kappa shape index (κ3) is 8.03. The summed E-state index contributed by atoms with van der Waals surface area (Å²) < 4.78 is 10.8. The maximum atomic E-state index is 5.52. The van der Waals surface area contributed by atoms with Crippen LogP contribution >= 0.6 is 24.0 Å². The average molecular weight is 504 g/mol. The Hall–Kier alpha value is -1.22. The van der Waals surface area contributed by atoms with Gasteiger partial charge < -0.3 is 24.6 Å². The predicted molar refractivity (Wildman–Crippen MR) is 127 cm³/mol. The summed E-state index contributed by atoms with van der Waals surface area (Å²) in [6.07, 6.45) is 5.08. The smallest absolute Gasteiger partial charge is 0.193 e. The number of unbranched alkanes of at least 4 members (excludes halogenated alkanes) is 1. The molecule has 1 aliphatic rings. The quantitative estimate of drug-likeness (QED) is 0.229. The Balaban J connectivity index is 0.00000392. The van der Waals surface area contributed by atoms with E-state index in [-0.39, 0.29) is 24.0 Å². The number of benzene rings is 1. The Bertz CT molecular complexity index is 592. The third-order valence-electron chi connectivity index (χ3n) is 4.94. The van der Waals surface area contributed by atoms with Crippen LogP contribution in [0.25, 0.3) is 0 Å². The Kier molecular flexibility index (Phi) is 12.3. The van der Waals surface area contributed by atoms with E-state index in [0.717, 1.165) is 49.1 Å². The number of ether oxygens (including phenoxy) is 2. The molecule has 0 bridgehead atoms. The minimum atomic E-state index is 0. The highest BCUT2D eigenvalue weighted by molar-refractivity contribution is 14.0. The number of nitrogens with zero attached hydrogens (tertiary/aromatic N) is 3. The van der Waals surface area contributed by atoms with Crippen LogP contribution in [0.4, 0.5) is 0 Å². The molecule has 1 fully saturated rings. The van der Waals surface area contributed by atoms with Crippen LogP contribution in [0.5, 0.6) is 11.5 Å². The van der Waals surface area contributed by atoms with Gasteiger partial charge in [-0.25, -0.2) is 0 Å². The van der Waals surface area contributed by atoms with Crippen molar-refractivity contribution < 1.29 is 9.47 Å². The molecule has 28 heavy (non-hydrogen) atoms. The fraction of sp³-hybridized carbons (Fsp3) is 0.667. The van der Waals surface area contributed by atoms with Gasteiger partial charge in [-0.15, -0.1) is 24.0 Å². The molecule has 0 aliphatic carbocycles. The van der Waals surface area contributed by atoms with Crippen molar-refractivity contribution in [2.75, 3.05) is 54.0 Å². The van der Waals surface area contributed by atoms with Gasteiger partial charge in [-0.2, -0.15) is 0 Å². The summed E-state index contributed by atoms with van der Waals surface area (Å²) >= 11 is 0. The van der Waals surface area contributed by atoms with E-state index in [2.05, 4.69) is 29.1 Å². The van der Waals surface area contributed by atoms with Crippen LogP contribution in [0.2, 0.25) is 0 Å². The normalized spacial score (nSPS) is 14.5. The Morgan fingerprint density at radius 2 is 1.93 bits per heavy atom. The van der Waals surface area contributed by atoms with Crippen molar-refractivity contribution in [2.45, 2.75) is 39.2 Å². The van der Waals surface area contributed by atoms with Crippen LogP contribution in [-0.4, -0.2) is 69.8 Å². The number of aliphatic imine (C=N–C) groups is 1. The summed E-state index contributed by atoms with van der Waals surface area (Å²) in [4.78, 5) is 9.52. The van der Waals surface area contributed by atoms with Crippen molar-refractivity contribution in [1.29, 1.82) is 0 Å². The van der Waals surface area contributed by atoms with Crippen molar-refractivity contribution in [1.82, 2.24) is 15.1 Å². The van der Waals surface area contributed by atoms with E-state index in [9.17, 15) is 0 Å². The second kappa shape index (κ2) is 13.9. The molecule has 1 N–H and O–H groups in total. The summed E-state index contributed by atoms with van der Waals surface area (Å²) in [5.74, 6) is 2.58. The number of methoxy groups -OCH3 is 2. The van der Waals surface area contributed by atoms with Gasteiger partial charge in [0, 0.05) is 38.3 Å². The number of hydrogen-bond donors (Lipinski definition) is 1. The number of nitrogens with one attached hydrogen (secondary N) is 1. The highest BCUT2D eigenvalue weighted by atomic mass is 127. The van der Waals surface area contributed by atoms with Gasteiger partial charge in [-0.3, -0.25) is 4.99 Å². The third-order valence-corrected chi connectivity index (χ3v) is 4.94. The second-order valence-electron chi connectivity index (χ2n) is 7.03. The van der Waals surface area contributed by atoms with E-state index in [0.29, 0.717) is 0 Å². The molecule has 0 atom stereocenters.